The third-order valence-corrected chi connectivity index (χ3v) is 4.37. The minimum atomic E-state index is -0.0468. The summed E-state index contributed by atoms with van der Waals surface area (Å²) >= 11 is 1.70. The lowest BCUT2D eigenvalue weighted by Crippen LogP contribution is -2.27. The molecule has 94 valence electrons. The third-order valence-electron chi connectivity index (χ3n) is 3.44. The molecule has 0 bridgehead atoms. The average molecular weight is 253 g/mol. The highest BCUT2D eigenvalue weighted by atomic mass is 32.1. The standard InChI is InChI=1S/C13H19NO2S/c14-9-10-3-1-5-12(10)13(15)16-7-6-11-4-2-8-17-11/h2,4,8,10,12H,1,3,5-7,9,14H2. The molecule has 2 atom stereocenters. The molecule has 1 aromatic heterocycles. The first-order valence-corrected chi connectivity index (χ1v) is 7.08. The second-order valence-electron chi connectivity index (χ2n) is 4.53. The molecule has 0 radical (unpaired) electrons. The van der Waals surface area contributed by atoms with Gasteiger partial charge in [-0.25, -0.2) is 0 Å². The summed E-state index contributed by atoms with van der Waals surface area (Å²) in [6.45, 7) is 1.10. The van der Waals surface area contributed by atoms with Crippen LogP contribution < -0.4 is 5.73 Å². The van der Waals surface area contributed by atoms with Gasteiger partial charge in [0.2, 0.25) is 0 Å². The number of ether oxygens (including phenoxy) is 1. The third kappa shape index (κ3) is 3.30. The van der Waals surface area contributed by atoms with Crippen molar-refractivity contribution in [2.45, 2.75) is 25.7 Å². The first kappa shape index (κ1) is 12.6. The minimum Gasteiger partial charge on any atom is -0.465 e. The van der Waals surface area contributed by atoms with Gasteiger partial charge in [-0.1, -0.05) is 12.5 Å². The molecule has 1 aliphatic rings. The van der Waals surface area contributed by atoms with E-state index in [0.29, 0.717) is 19.1 Å². The Morgan fingerprint density at radius 3 is 3.12 bits per heavy atom. The molecule has 4 heteroatoms. The Hall–Kier alpha value is -0.870. The van der Waals surface area contributed by atoms with Crippen LogP contribution in [0.4, 0.5) is 0 Å². The van der Waals surface area contributed by atoms with Crippen molar-refractivity contribution < 1.29 is 9.53 Å². The summed E-state index contributed by atoms with van der Waals surface area (Å²) in [5, 5.41) is 2.04. The summed E-state index contributed by atoms with van der Waals surface area (Å²) in [6, 6.07) is 4.08. The summed E-state index contributed by atoms with van der Waals surface area (Å²) in [5.74, 6) is 0.335. The van der Waals surface area contributed by atoms with Crippen LogP contribution in [0.25, 0.3) is 0 Å². The van der Waals surface area contributed by atoms with Crippen LogP contribution in [0.1, 0.15) is 24.1 Å². The van der Waals surface area contributed by atoms with Crippen LogP contribution in [0.2, 0.25) is 0 Å². The van der Waals surface area contributed by atoms with Crippen molar-refractivity contribution in [3.05, 3.63) is 22.4 Å². The van der Waals surface area contributed by atoms with Gasteiger partial charge >= 0.3 is 5.97 Å². The van der Waals surface area contributed by atoms with Gasteiger partial charge in [0.05, 0.1) is 12.5 Å². The lowest BCUT2D eigenvalue weighted by atomic mass is 9.96. The van der Waals surface area contributed by atoms with Crippen molar-refractivity contribution in [2.75, 3.05) is 13.2 Å². The Kier molecular flexibility index (Phi) is 4.57. The van der Waals surface area contributed by atoms with Crippen molar-refractivity contribution in [3.8, 4) is 0 Å². The highest BCUT2D eigenvalue weighted by Crippen LogP contribution is 2.31. The highest BCUT2D eigenvalue weighted by Gasteiger charge is 2.32. The molecule has 2 unspecified atom stereocenters. The Morgan fingerprint density at radius 2 is 2.41 bits per heavy atom. The summed E-state index contributed by atoms with van der Waals surface area (Å²) in [4.78, 5) is 13.1. The van der Waals surface area contributed by atoms with Gasteiger partial charge in [0.1, 0.15) is 0 Å². The van der Waals surface area contributed by atoms with Crippen LogP contribution in [-0.4, -0.2) is 19.1 Å². The first-order valence-electron chi connectivity index (χ1n) is 6.20. The number of hydrogen-bond donors (Lipinski definition) is 1. The lowest BCUT2D eigenvalue weighted by Gasteiger charge is -2.16. The number of hydrogen-bond acceptors (Lipinski definition) is 4. The van der Waals surface area contributed by atoms with E-state index in [1.165, 1.54) is 4.88 Å². The van der Waals surface area contributed by atoms with Crippen molar-refractivity contribution >= 4 is 17.3 Å². The molecule has 1 aromatic rings. The molecule has 0 spiro atoms. The average Bonchev–Trinajstić information content (AvgIpc) is 2.99. The highest BCUT2D eigenvalue weighted by molar-refractivity contribution is 7.09. The van der Waals surface area contributed by atoms with Crippen LogP contribution in [0.3, 0.4) is 0 Å². The van der Waals surface area contributed by atoms with Gasteiger partial charge in [0.25, 0.3) is 0 Å². The SMILES string of the molecule is NCC1CCCC1C(=O)OCCc1cccs1. The van der Waals surface area contributed by atoms with Crippen LogP contribution >= 0.6 is 11.3 Å². The molecule has 2 rings (SSSR count). The second kappa shape index (κ2) is 6.17. The van der Waals surface area contributed by atoms with Gasteiger partial charge < -0.3 is 10.5 Å². The molecular formula is C13H19NO2S. The maximum absolute atomic E-state index is 11.9. The molecule has 0 aliphatic heterocycles. The molecule has 1 aliphatic carbocycles. The van der Waals surface area contributed by atoms with Crippen LogP contribution in [0.5, 0.6) is 0 Å². The number of carbonyl (C=O) groups excluding carboxylic acids is 1. The summed E-state index contributed by atoms with van der Waals surface area (Å²) in [7, 11) is 0. The summed E-state index contributed by atoms with van der Waals surface area (Å²) in [6.07, 6.45) is 3.94. The van der Waals surface area contributed by atoms with Gasteiger partial charge in [-0.3, -0.25) is 4.79 Å². The molecule has 3 nitrogen and oxygen atoms in total. The zero-order valence-corrected chi connectivity index (χ0v) is 10.7. The van der Waals surface area contributed by atoms with E-state index in [1.807, 2.05) is 11.4 Å². The Morgan fingerprint density at radius 1 is 1.53 bits per heavy atom. The number of esters is 1. The zero-order chi connectivity index (χ0) is 12.1. The number of nitrogens with two attached hydrogens (primary N) is 1. The molecule has 2 N–H and O–H groups in total. The van der Waals surface area contributed by atoms with E-state index < -0.39 is 0 Å². The monoisotopic (exact) mass is 253 g/mol. The Balaban J connectivity index is 1.73. The molecule has 0 amide bonds. The van der Waals surface area contributed by atoms with E-state index in [4.69, 9.17) is 10.5 Å². The van der Waals surface area contributed by atoms with E-state index in [0.717, 1.165) is 25.7 Å². The van der Waals surface area contributed by atoms with E-state index in [-0.39, 0.29) is 11.9 Å². The van der Waals surface area contributed by atoms with Gasteiger partial charge in [-0.05, 0) is 36.8 Å². The first-order chi connectivity index (χ1) is 8.31. The predicted octanol–water partition coefficient (Wildman–Crippen LogP) is 2.21. The van der Waals surface area contributed by atoms with Crippen molar-refractivity contribution in [1.82, 2.24) is 0 Å². The zero-order valence-electron chi connectivity index (χ0n) is 9.93. The number of thiophene rings is 1. The quantitative estimate of drug-likeness (QED) is 0.819. The number of rotatable bonds is 5. The second-order valence-corrected chi connectivity index (χ2v) is 5.56. The largest absolute Gasteiger partial charge is 0.465 e. The molecule has 1 saturated carbocycles. The topological polar surface area (TPSA) is 52.3 Å². The molecule has 1 fully saturated rings. The molecule has 0 saturated heterocycles. The fraction of sp³-hybridized carbons (Fsp3) is 0.615. The molecule has 0 aromatic carbocycles. The fourth-order valence-electron chi connectivity index (χ4n) is 2.44. The minimum absolute atomic E-state index is 0.0448. The van der Waals surface area contributed by atoms with E-state index in [2.05, 4.69) is 6.07 Å². The normalized spacial score (nSPS) is 23.8. The van der Waals surface area contributed by atoms with Gasteiger partial charge in [0.15, 0.2) is 0 Å². The summed E-state index contributed by atoms with van der Waals surface area (Å²) in [5.41, 5.74) is 5.66. The van der Waals surface area contributed by atoms with E-state index in [1.54, 1.807) is 11.3 Å². The Labute approximate surface area is 106 Å². The number of carbonyl (C=O) groups is 1. The van der Waals surface area contributed by atoms with E-state index >= 15 is 0 Å². The van der Waals surface area contributed by atoms with Crippen molar-refractivity contribution in [2.24, 2.45) is 17.6 Å². The molecule has 1 heterocycles. The fourth-order valence-corrected chi connectivity index (χ4v) is 3.13. The van der Waals surface area contributed by atoms with Gasteiger partial charge in [-0.15, -0.1) is 11.3 Å². The van der Waals surface area contributed by atoms with Crippen molar-refractivity contribution in [1.29, 1.82) is 0 Å². The lowest BCUT2D eigenvalue weighted by molar-refractivity contribution is -0.149. The van der Waals surface area contributed by atoms with Crippen LogP contribution in [0, 0.1) is 11.8 Å². The van der Waals surface area contributed by atoms with Gasteiger partial charge in [0, 0.05) is 11.3 Å². The summed E-state index contributed by atoms with van der Waals surface area (Å²) < 4.78 is 5.34. The van der Waals surface area contributed by atoms with Crippen molar-refractivity contribution in [3.63, 3.8) is 0 Å². The maximum atomic E-state index is 11.9. The van der Waals surface area contributed by atoms with Gasteiger partial charge in [-0.2, -0.15) is 0 Å². The predicted molar refractivity (Wildman–Crippen MR) is 68.9 cm³/mol. The van der Waals surface area contributed by atoms with Crippen LogP contribution in [0.15, 0.2) is 17.5 Å². The van der Waals surface area contributed by atoms with Crippen LogP contribution in [-0.2, 0) is 16.0 Å². The van der Waals surface area contributed by atoms with E-state index in [9.17, 15) is 4.79 Å². The smallest absolute Gasteiger partial charge is 0.309 e. The molecule has 17 heavy (non-hydrogen) atoms. The maximum Gasteiger partial charge on any atom is 0.309 e. The Bertz CT molecular complexity index is 350. The molecular weight excluding hydrogens is 234 g/mol.